The fourth-order valence-electron chi connectivity index (χ4n) is 3.06. The summed E-state index contributed by atoms with van der Waals surface area (Å²) in [5, 5.41) is 2.83. The Kier molecular flexibility index (Phi) is 11.2. The molecule has 0 radical (unpaired) electrons. The molecule has 3 heterocycles. The van der Waals surface area contributed by atoms with Crippen molar-refractivity contribution in [2.75, 3.05) is 18.4 Å². The van der Waals surface area contributed by atoms with E-state index in [9.17, 15) is 9.59 Å². The first-order valence-electron chi connectivity index (χ1n) is 10.7. The van der Waals surface area contributed by atoms with Gasteiger partial charge in [0.1, 0.15) is 17.2 Å². The van der Waals surface area contributed by atoms with Crippen molar-refractivity contribution in [3.05, 3.63) is 55.4 Å². The van der Waals surface area contributed by atoms with Gasteiger partial charge >= 0.3 is 0 Å². The van der Waals surface area contributed by atoms with E-state index in [1.54, 1.807) is 23.6 Å². The van der Waals surface area contributed by atoms with Gasteiger partial charge in [0.05, 0.1) is 0 Å². The number of imidazole rings is 1. The van der Waals surface area contributed by atoms with Crippen molar-refractivity contribution >= 4 is 23.3 Å². The number of hydrogen-bond acceptors (Lipinski definition) is 3. The Morgan fingerprint density at radius 3 is 2.43 bits per heavy atom. The van der Waals surface area contributed by atoms with Gasteiger partial charge in [0.15, 0.2) is 0 Å². The molecule has 6 nitrogen and oxygen atoms in total. The highest BCUT2D eigenvalue weighted by Gasteiger charge is 2.23. The van der Waals surface area contributed by atoms with Gasteiger partial charge in [-0.1, -0.05) is 39.0 Å². The highest BCUT2D eigenvalue weighted by atomic mass is 16.2. The third-order valence-corrected chi connectivity index (χ3v) is 4.84. The Bertz CT molecular complexity index is 833. The maximum Gasteiger partial charge on any atom is 0.274 e. The van der Waals surface area contributed by atoms with E-state index in [0.717, 1.165) is 32.4 Å². The molecule has 0 atom stereocenters. The smallest absolute Gasteiger partial charge is 0.274 e. The normalized spacial score (nSPS) is 13.9. The van der Waals surface area contributed by atoms with Crippen molar-refractivity contribution in [2.24, 2.45) is 5.92 Å². The summed E-state index contributed by atoms with van der Waals surface area (Å²) in [6.45, 7) is 15.7. The number of nitrogens with zero attached hydrogens (tertiary/aromatic N) is 3. The van der Waals surface area contributed by atoms with Crippen LogP contribution in [0, 0.1) is 5.92 Å². The van der Waals surface area contributed by atoms with E-state index in [1.165, 1.54) is 0 Å². The van der Waals surface area contributed by atoms with Gasteiger partial charge in [-0.25, -0.2) is 4.98 Å². The second kappa shape index (κ2) is 13.4. The molecule has 1 aliphatic rings. The van der Waals surface area contributed by atoms with Crippen LogP contribution in [0.3, 0.4) is 0 Å². The second-order valence-corrected chi connectivity index (χ2v) is 7.12. The van der Waals surface area contributed by atoms with Crippen molar-refractivity contribution in [2.45, 2.75) is 53.4 Å². The minimum absolute atomic E-state index is 0.0339. The predicted octanol–water partition coefficient (Wildman–Crippen LogP) is 5.33. The maximum absolute atomic E-state index is 12.6. The number of nitrogens with one attached hydrogen (secondary N) is 1. The van der Waals surface area contributed by atoms with Gasteiger partial charge in [0.2, 0.25) is 5.91 Å². The number of allylic oxidation sites excluding steroid dienone is 2. The summed E-state index contributed by atoms with van der Waals surface area (Å²) in [6.07, 6.45) is 9.54. The first kappa shape index (κ1) is 25.1. The standard InChI is InChI=1S/C17H22N4O2.C5H10.C2H4/c1-3-16(22)19-15-6-4-5-14-18-13(11-21(14)15)17(23)20-9-7-12(2)8-10-20;1-3-5-4-2;1-2/h4-6,11-12H,3,7-10H2,1-2H3,(H,19,22);3,5H,4H2,1-2H3;1-2H2/b;5-3-;. The number of amides is 2. The van der Waals surface area contributed by atoms with Gasteiger partial charge in [-0.15, -0.1) is 13.2 Å². The van der Waals surface area contributed by atoms with Crippen LogP contribution in [0.5, 0.6) is 0 Å². The molecule has 30 heavy (non-hydrogen) atoms. The summed E-state index contributed by atoms with van der Waals surface area (Å²) in [5.74, 6) is 1.21. The number of carbonyl (C=O) groups excluding carboxylic acids is 2. The van der Waals surface area contributed by atoms with Gasteiger partial charge in [0, 0.05) is 25.7 Å². The van der Waals surface area contributed by atoms with E-state index >= 15 is 0 Å². The largest absolute Gasteiger partial charge is 0.337 e. The van der Waals surface area contributed by atoms with Gasteiger partial charge in [0.25, 0.3) is 5.91 Å². The number of likely N-dealkylation sites (tertiary alicyclic amines) is 1. The van der Waals surface area contributed by atoms with Crippen molar-refractivity contribution in [3.63, 3.8) is 0 Å². The number of carbonyl (C=O) groups is 2. The molecular formula is C24H36N4O2. The number of piperidine rings is 1. The lowest BCUT2D eigenvalue weighted by Crippen LogP contribution is -2.38. The van der Waals surface area contributed by atoms with Crippen LogP contribution in [0.2, 0.25) is 0 Å². The van der Waals surface area contributed by atoms with E-state index in [0.29, 0.717) is 29.5 Å². The highest BCUT2D eigenvalue weighted by Crippen LogP contribution is 2.19. The minimum Gasteiger partial charge on any atom is -0.337 e. The zero-order valence-corrected chi connectivity index (χ0v) is 18.9. The number of aromatic nitrogens is 2. The lowest BCUT2D eigenvalue weighted by atomic mass is 9.99. The number of hydrogen-bond donors (Lipinski definition) is 1. The molecule has 1 saturated heterocycles. The quantitative estimate of drug-likeness (QED) is 0.690. The van der Waals surface area contributed by atoms with Gasteiger partial charge < -0.3 is 10.2 Å². The molecule has 6 heteroatoms. The lowest BCUT2D eigenvalue weighted by Gasteiger charge is -2.29. The predicted molar refractivity (Wildman–Crippen MR) is 125 cm³/mol. The second-order valence-electron chi connectivity index (χ2n) is 7.12. The first-order valence-corrected chi connectivity index (χ1v) is 10.7. The van der Waals surface area contributed by atoms with Crippen molar-refractivity contribution < 1.29 is 9.59 Å². The molecule has 0 unspecified atom stereocenters. The minimum atomic E-state index is -0.0657. The molecule has 0 aliphatic carbocycles. The maximum atomic E-state index is 12.6. The van der Waals surface area contributed by atoms with Gasteiger partial charge in [-0.2, -0.15) is 0 Å². The van der Waals surface area contributed by atoms with E-state index in [1.807, 2.05) is 24.0 Å². The van der Waals surface area contributed by atoms with Gasteiger partial charge in [-0.3, -0.25) is 14.0 Å². The Morgan fingerprint density at radius 1 is 1.23 bits per heavy atom. The Balaban J connectivity index is 0.000000565. The van der Waals surface area contributed by atoms with Crippen LogP contribution in [0.4, 0.5) is 5.82 Å². The molecule has 0 saturated carbocycles. The van der Waals surface area contributed by atoms with Crippen LogP contribution in [-0.2, 0) is 4.79 Å². The topological polar surface area (TPSA) is 66.7 Å². The van der Waals surface area contributed by atoms with Crippen LogP contribution in [0.25, 0.3) is 5.65 Å². The van der Waals surface area contributed by atoms with Crippen LogP contribution < -0.4 is 5.32 Å². The van der Waals surface area contributed by atoms with E-state index < -0.39 is 0 Å². The highest BCUT2D eigenvalue weighted by molar-refractivity contribution is 5.94. The summed E-state index contributed by atoms with van der Waals surface area (Å²) in [6, 6.07) is 5.46. The number of rotatable bonds is 4. The fraction of sp³-hybridized carbons (Fsp3) is 0.458. The van der Waals surface area contributed by atoms with Crippen LogP contribution in [-0.4, -0.2) is 39.2 Å². The Hall–Kier alpha value is -2.89. The third-order valence-electron chi connectivity index (χ3n) is 4.84. The fourth-order valence-corrected chi connectivity index (χ4v) is 3.06. The molecule has 2 amide bonds. The zero-order valence-electron chi connectivity index (χ0n) is 18.9. The average Bonchev–Trinajstić information content (AvgIpc) is 3.21. The van der Waals surface area contributed by atoms with E-state index in [2.05, 4.69) is 49.5 Å². The molecular weight excluding hydrogens is 376 g/mol. The molecule has 0 spiro atoms. The van der Waals surface area contributed by atoms with E-state index in [-0.39, 0.29) is 11.8 Å². The monoisotopic (exact) mass is 412 g/mol. The molecule has 1 N–H and O–H groups in total. The third kappa shape index (κ3) is 7.17. The summed E-state index contributed by atoms with van der Waals surface area (Å²) < 4.78 is 1.76. The summed E-state index contributed by atoms with van der Waals surface area (Å²) in [5.41, 5.74) is 1.09. The van der Waals surface area contributed by atoms with Crippen LogP contribution in [0.15, 0.2) is 49.7 Å². The molecule has 1 fully saturated rings. The SMILES string of the molecule is C/C=C\CC.C=C.CCC(=O)Nc1cccc2nc(C(=O)N3CCC(C)CC3)cn12. The molecule has 0 aromatic carbocycles. The van der Waals surface area contributed by atoms with Crippen molar-refractivity contribution in [1.82, 2.24) is 14.3 Å². The Labute approximate surface area is 180 Å². The first-order chi connectivity index (χ1) is 14.5. The lowest BCUT2D eigenvalue weighted by molar-refractivity contribution is -0.115. The molecule has 164 valence electrons. The summed E-state index contributed by atoms with van der Waals surface area (Å²) in [4.78, 5) is 30.5. The molecule has 3 rings (SSSR count). The number of pyridine rings is 1. The van der Waals surface area contributed by atoms with E-state index in [4.69, 9.17) is 0 Å². The molecule has 2 aromatic rings. The molecule has 1 aliphatic heterocycles. The summed E-state index contributed by atoms with van der Waals surface area (Å²) >= 11 is 0. The van der Waals surface area contributed by atoms with Crippen LogP contribution >= 0.6 is 0 Å². The number of fused-ring (bicyclic) bond motifs is 1. The van der Waals surface area contributed by atoms with Gasteiger partial charge in [-0.05, 0) is 44.2 Å². The average molecular weight is 413 g/mol. The zero-order chi connectivity index (χ0) is 22.5. The number of anilines is 1. The summed E-state index contributed by atoms with van der Waals surface area (Å²) in [7, 11) is 0. The molecule has 2 aromatic heterocycles. The molecule has 0 bridgehead atoms. The van der Waals surface area contributed by atoms with Crippen molar-refractivity contribution in [3.8, 4) is 0 Å². The Morgan fingerprint density at radius 2 is 1.90 bits per heavy atom. The van der Waals surface area contributed by atoms with Crippen LogP contribution in [0.1, 0.15) is 63.9 Å². The van der Waals surface area contributed by atoms with Crippen molar-refractivity contribution in [1.29, 1.82) is 0 Å².